The second-order valence-corrected chi connectivity index (χ2v) is 5.69. The van der Waals surface area contributed by atoms with Gasteiger partial charge in [0.1, 0.15) is 17.2 Å². The fourth-order valence-corrected chi connectivity index (χ4v) is 2.51. The Kier molecular flexibility index (Phi) is 4.38. The Morgan fingerprint density at radius 2 is 2.04 bits per heavy atom. The Bertz CT molecular complexity index is 1140. The number of nitrogens with zero attached hydrogens (tertiary/aromatic N) is 6. The lowest BCUT2D eigenvalue weighted by atomic mass is 10.1. The third-order valence-electron chi connectivity index (χ3n) is 3.75. The number of aryl methyl sites for hydroxylation is 1. The molecule has 0 spiro atoms. The zero-order chi connectivity index (χ0) is 19.5. The minimum absolute atomic E-state index is 0.0141. The van der Waals surface area contributed by atoms with E-state index in [9.17, 15) is 4.79 Å². The number of carbonyl (C=O) groups is 1. The first kappa shape index (κ1) is 17.1. The van der Waals surface area contributed by atoms with Crippen molar-refractivity contribution >= 4 is 17.9 Å². The summed E-state index contributed by atoms with van der Waals surface area (Å²) in [5.74, 6) is 0.812. The smallest absolute Gasteiger partial charge is 0.294 e. The maximum absolute atomic E-state index is 12.6. The van der Waals surface area contributed by atoms with Crippen molar-refractivity contribution in [3.05, 3.63) is 59.7 Å². The molecular formula is C17H14N8O3. The molecule has 0 saturated carbocycles. The summed E-state index contributed by atoms with van der Waals surface area (Å²) in [7, 11) is 0. The molecule has 0 fully saturated rings. The highest BCUT2D eigenvalue weighted by Gasteiger charge is 2.24. The van der Waals surface area contributed by atoms with E-state index in [1.165, 1.54) is 10.9 Å². The molecule has 4 aromatic rings. The first-order chi connectivity index (χ1) is 13.6. The number of carbonyl (C=O) groups excluding carboxylic acids is 1. The van der Waals surface area contributed by atoms with Crippen LogP contribution in [-0.4, -0.2) is 37.4 Å². The third kappa shape index (κ3) is 3.23. The van der Waals surface area contributed by atoms with Crippen LogP contribution in [0.3, 0.4) is 0 Å². The third-order valence-corrected chi connectivity index (χ3v) is 3.75. The first-order valence-corrected chi connectivity index (χ1v) is 8.13. The van der Waals surface area contributed by atoms with Crippen LogP contribution in [0.25, 0.3) is 17.1 Å². The molecule has 140 valence electrons. The van der Waals surface area contributed by atoms with Crippen molar-refractivity contribution in [3.8, 4) is 17.1 Å². The quantitative estimate of drug-likeness (QED) is 0.392. The van der Waals surface area contributed by atoms with E-state index >= 15 is 0 Å². The average Bonchev–Trinajstić information content (AvgIpc) is 3.42. The number of nitrogen functional groups attached to an aromatic ring is 1. The van der Waals surface area contributed by atoms with Crippen molar-refractivity contribution in [2.24, 2.45) is 5.10 Å². The summed E-state index contributed by atoms with van der Waals surface area (Å²) >= 11 is 0. The number of hydrogen-bond acceptors (Lipinski definition) is 9. The van der Waals surface area contributed by atoms with Gasteiger partial charge in [0, 0.05) is 5.56 Å². The predicted octanol–water partition coefficient (Wildman–Crippen LogP) is 1.56. The lowest BCUT2D eigenvalue weighted by molar-refractivity contribution is 0.0950. The predicted molar refractivity (Wildman–Crippen MR) is 97.6 cm³/mol. The summed E-state index contributed by atoms with van der Waals surface area (Å²) in [5.41, 5.74) is 9.23. The molecule has 0 bridgehead atoms. The van der Waals surface area contributed by atoms with Crippen LogP contribution in [-0.2, 0) is 0 Å². The maximum Gasteiger partial charge on any atom is 0.294 e. The zero-order valence-corrected chi connectivity index (χ0v) is 14.6. The molecule has 1 aromatic carbocycles. The number of rotatable bonds is 5. The number of nitrogens with two attached hydrogens (primary N) is 1. The summed E-state index contributed by atoms with van der Waals surface area (Å²) in [5, 5.41) is 19.1. The van der Waals surface area contributed by atoms with Crippen LogP contribution in [0.5, 0.6) is 0 Å². The van der Waals surface area contributed by atoms with Gasteiger partial charge < -0.3 is 10.2 Å². The highest BCUT2D eigenvalue weighted by molar-refractivity contribution is 5.98. The fourth-order valence-electron chi connectivity index (χ4n) is 2.51. The minimum atomic E-state index is -0.570. The highest BCUT2D eigenvalue weighted by Crippen LogP contribution is 2.26. The second-order valence-electron chi connectivity index (χ2n) is 5.69. The summed E-state index contributed by atoms with van der Waals surface area (Å²) in [6, 6.07) is 12.6. The Balaban J connectivity index is 1.69. The molecule has 3 N–H and O–H groups in total. The zero-order valence-electron chi connectivity index (χ0n) is 14.6. The number of nitrogens with one attached hydrogen (secondary N) is 1. The molecule has 28 heavy (non-hydrogen) atoms. The lowest BCUT2D eigenvalue weighted by Gasteiger charge is -2.05. The molecule has 0 radical (unpaired) electrons. The van der Waals surface area contributed by atoms with E-state index in [0.29, 0.717) is 17.0 Å². The van der Waals surface area contributed by atoms with E-state index in [4.69, 9.17) is 10.2 Å². The van der Waals surface area contributed by atoms with Gasteiger partial charge in [0.15, 0.2) is 5.69 Å². The van der Waals surface area contributed by atoms with Crippen molar-refractivity contribution in [1.29, 1.82) is 0 Å². The number of furan rings is 1. The van der Waals surface area contributed by atoms with Gasteiger partial charge in [0.2, 0.25) is 11.6 Å². The topological polar surface area (TPSA) is 150 Å². The van der Waals surface area contributed by atoms with Crippen LogP contribution in [0, 0.1) is 6.92 Å². The van der Waals surface area contributed by atoms with E-state index in [-0.39, 0.29) is 17.3 Å². The molecule has 3 aromatic heterocycles. The summed E-state index contributed by atoms with van der Waals surface area (Å²) < 4.78 is 11.3. The molecule has 0 saturated heterocycles. The fraction of sp³-hybridized carbons (Fsp3) is 0.0588. The molecule has 3 heterocycles. The van der Waals surface area contributed by atoms with Gasteiger partial charge in [0.25, 0.3) is 5.91 Å². The average molecular weight is 378 g/mol. The molecular weight excluding hydrogens is 364 g/mol. The molecule has 4 rings (SSSR count). The van der Waals surface area contributed by atoms with Crippen LogP contribution < -0.4 is 11.2 Å². The van der Waals surface area contributed by atoms with E-state index in [1.807, 2.05) is 25.1 Å². The van der Waals surface area contributed by atoms with Gasteiger partial charge in [-0.15, -0.1) is 5.10 Å². The van der Waals surface area contributed by atoms with Gasteiger partial charge in [-0.2, -0.15) is 9.78 Å². The Labute approximate surface area is 157 Å². The number of anilines is 1. The van der Waals surface area contributed by atoms with Crippen molar-refractivity contribution in [3.63, 3.8) is 0 Å². The summed E-state index contributed by atoms with van der Waals surface area (Å²) in [6.07, 6.45) is 1.39. The normalized spacial score (nSPS) is 11.2. The van der Waals surface area contributed by atoms with Gasteiger partial charge in [0.05, 0.1) is 6.21 Å². The van der Waals surface area contributed by atoms with E-state index < -0.39 is 5.91 Å². The molecule has 0 aliphatic rings. The summed E-state index contributed by atoms with van der Waals surface area (Å²) in [4.78, 5) is 12.6. The van der Waals surface area contributed by atoms with Gasteiger partial charge >= 0.3 is 0 Å². The molecule has 11 nitrogen and oxygen atoms in total. The minimum Gasteiger partial charge on any atom is -0.460 e. The van der Waals surface area contributed by atoms with Crippen LogP contribution in [0.1, 0.15) is 22.0 Å². The van der Waals surface area contributed by atoms with Gasteiger partial charge in [-0.1, -0.05) is 35.5 Å². The molecule has 0 aliphatic carbocycles. The van der Waals surface area contributed by atoms with Crippen LogP contribution in [0.15, 0.2) is 56.6 Å². The Morgan fingerprint density at radius 3 is 2.71 bits per heavy atom. The largest absolute Gasteiger partial charge is 0.460 e. The van der Waals surface area contributed by atoms with Crippen molar-refractivity contribution in [1.82, 2.24) is 30.7 Å². The number of amides is 1. The SMILES string of the molecule is Cc1ccc(/C=N/NC(=O)c2nnn(-c3nonc3N)c2-c2ccccc2)o1. The first-order valence-electron chi connectivity index (χ1n) is 8.13. The molecule has 0 aliphatic heterocycles. The Morgan fingerprint density at radius 1 is 1.21 bits per heavy atom. The van der Waals surface area contributed by atoms with E-state index in [2.05, 4.69) is 35.8 Å². The maximum atomic E-state index is 12.6. The summed E-state index contributed by atoms with van der Waals surface area (Å²) in [6.45, 7) is 1.81. The molecule has 0 unspecified atom stereocenters. The van der Waals surface area contributed by atoms with Crippen LogP contribution in [0.4, 0.5) is 5.82 Å². The van der Waals surface area contributed by atoms with Gasteiger partial charge in [-0.05, 0) is 29.4 Å². The Hall–Kier alpha value is -4.28. The van der Waals surface area contributed by atoms with Crippen molar-refractivity contribution < 1.29 is 13.8 Å². The number of hydrogen-bond donors (Lipinski definition) is 2. The monoisotopic (exact) mass is 378 g/mol. The highest BCUT2D eigenvalue weighted by atomic mass is 16.6. The number of benzene rings is 1. The van der Waals surface area contributed by atoms with Gasteiger partial charge in [-0.25, -0.2) is 10.1 Å². The standard InChI is InChI=1S/C17H14N8O3/c1-10-7-8-12(27-10)9-19-21-17(26)13-14(11-5-3-2-4-6-11)25(24-20-13)16-15(18)22-28-23-16/h2-9H,1H3,(H2,18,22)(H,21,26)/b19-9+. The molecule has 0 atom stereocenters. The number of hydrazone groups is 1. The van der Waals surface area contributed by atoms with Crippen molar-refractivity contribution in [2.75, 3.05) is 5.73 Å². The second kappa shape index (κ2) is 7.15. The molecule has 1 amide bonds. The van der Waals surface area contributed by atoms with Crippen LogP contribution >= 0.6 is 0 Å². The lowest BCUT2D eigenvalue weighted by Crippen LogP contribution is -2.19. The number of aromatic nitrogens is 5. The van der Waals surface area contributed by atoms with E-state index in [0.717, 1.165) is 5.76 Å². The van der Waals surface area contributed by atoms with Gasteiger partial charge in [-0.3, -0.25) is 4.79 Å². The van der Waals surface area contributed by atoms with E-state index in [1.54, 1.807) is 24.3 Å². The van der Waals surface area contributed by atoms with Crippen LogP contribution in [0.2, 0.25) is 0 Å². The van der Waals surface area contributed by atoms with Crippen molar-refractivity contribution in [2.45, 2.75) is 6.92 Å². The molecule has 11 heteroatoms.